The first-order valence-electron chi connectivity index (χ1n) is 4.73. The SMILES string of the molecule is Cn1cncc1C1Oc2ccccc2O1. The van der Waals surface area contributed by atoms with E-state index in [1.807, 2.05) is 35.9 Å². The highest BCUT2D eigenvalue weighted by atomic mass is 16.7. The largest absolute Gasteiger partial charge is 0.445 e. The normalized spacial score (nSPS) is 14.5. The predicted octanol–water partition coefficient (Wildman–Crippen LogP) is 1.89. The second kappa shape index (κ2) is 3.02. The third kappa shape index (κ3) is 1.26. The molecule has 0 radical (unpaired) electrons. The molecule has 1 aromatic heterocycles. The molecule has 4 nitrogen and oxygen atoms in total. The minimum absolute atomic E-state index is 0.380. The minimum atomic E-state index is -0.380. The summed E-state index contributed by atoms with van der Waals surface area (Å²) in [6.07, 6.45) is 3.09. The van der Waals surface area contributed by atoms with E-state index in [2.05, 4.69) is 4.98 Å². The zero-order valence-electron chi connectivity index (χ0n) is 8.25. The maximum atomic E-state index is 5.65. The lowest BCUT2D eigenvalue weighted by molar-refractivity contribution is 0.0422. The fourth-order valence-electron chi connectivity index (χ4n) is 1.61. The van der Waals surface area contributed by atoms with Gasteiger partial charge in [0.2, 0.25) is 0 Å². The van der Waals surface area contributed by atoms with E-state index in [1.54, 1.807) is 12.5 Å². The molecule has 0 bridgehead atoms. The zero-order chi connectivity index (χ0) is 10.3. The third-order valence-electron chi connectivity index (χ3n) is 2.41. The molecule has 1 aliphatic rings. The summed E-state index contributed by atoms with van der Waals surface area (Å²) >= 11 is 0. The average Bonchev–Trinajstić information content (AvgIpc) is 2.82. The van der Waals surface area contributed by atoms with Crippen LogP contribution in [0.1, 0.15) is 12.0 Å². The highest BCUT2D eigenvalue weighted by Crippen LogP contribution is 2.39. The molecule has 0 N–H and O–H groups in total. The Hall–Kier alpha value is -1.97. The smallest absolute Gasteiger partial charge is 0.284 e. The predicted molar refractivity (Wildman–Crippen MR) is 53.6 cm³/mol. The zero-order valence-corrected chi connectivity index (χ0v) is 8.25. The second-order valence-electron chi connectivity index (χ2n) is 3.44. The van der Waals surface area contributed by atoms with Crippen molar-refractivity contribution in [2.24, 2.45) is 7.05 Å². The Labute approximate surface area is 87.1 Å². The number of hydrogen-bond donors (Lipinski definition) is 0. The van der Waals surface area contributed by atoms with Gasteiger partial charge in [-0.15, -0.1) is 0 Å². The van der Waals surface area contributed by atoms with Crippen LogP contribution < -0.4 is 9.47 Å². The molecule has 0 unspecified atom stereocenters. The van der Waals surface area contributed by atoms with Gasteiger partial charge in [-0.25, -0.2) is 4.98 Å². The summed E-state index contributed by atoms with van der Waals surface area (Å²) in [6.45, 7) is 0. The third-order valence-corrected chi connectivity index (χ3v) is 2.41. The van der Waals surface area contributed by atoms with Crippen molar-refractivity contribution in [1.82, 2.24) is 9.55 Å². The van der Waals surface area contributed by atoms with Gasteiger partial charge in [0, 0.05) is 7.05 Å². The minimum Gasteiger partial charge on any atom is -0.445 e. The molecule has 2 aromatic rings. The number of ether oxygens (including phenoxy) is 2. The number of aromatic nitrogens is 2. The van der Waals surface area contributed by atoms with E-state index in [0.29, 0.717) is 0 Å². The van der Waals surface area contributed by atoms with Gasteiger partial charge in [-0.05, 0) is 12.1 Å². The topological polar surface area (TPSA) is 36.3 Å². The number of imidazole rings is 1. The summed E-state index contributed by atoms with van der Waals surface area (Å²) in [6, 6.07) is 7.64. The van der Waals surface area contributed by atoms with E-state index in [9.17, 15) is 0 Å². The molecule has 1 aliphatic heterocycles. The number of nitrogens with zero attached hydrogens (tertiary/aromatic N) is 2. The van der Waals surface area contributed by atoms with Crippen molar-refractivity contribution in [1.29, 1.82) is 0 Å². The first kappa shape index (κ1) is 8.35. The Morgan fingerprint density at radius 3 is 2.40 bits per heavy atom. The molecule has 0 amide bonds. The molecule has 15 heavy (non-hydrogen) atoms. The number of hydrogen-bond acceptors (Lipinski definition) is 3. The molecule has 0 saturated carbocycles. The van der Waals surface area contributed by atoms with Crippen LogP contribution in [0.3, 0.4) is 0 Å². The second-order valence-corrected chi connectivity index (χ2v) is 3.44. The van der Waals surface area contributed by atoms with E-state index in [0.717, 1.165) is 17.2 Å². The molecular weight excluding hydrogens is 192 g/mol. The van der Waals surface area contributed by atoms with Gasteiger partial charge in [-0.1, -0.05) is 12.1 Å². The summed E-state index contributed by atoms with van der Waals surface area (Å²) in [5.74, 6) is 1.56. The maximum Gasteiger partial charge on any atom is 0.284 e. The van der Waals surface area contributed by atoms with Gasteiger partial charge in [-0.3, -0.25) is 0 Å². The summed E-state index contributed by atoms with van der Waals surface area (Å²) in [5, 5.41) is 0. The standard InChI is InChI=1S/C11H10N2O2/c1-13-7-12-6-8(13)11-14-9-4-2-3-5-10(9)15-11/h2-7,11H,1H3. The maximum absolute atomic E-state index is 5.65. The van der Waals surface area contributed by atoms with E-state index < -0.39 is 0 Å². The fraction of sp³-hybridized carbons (Fsp3) is 0.182. The van der Waals surface area contributed by atoms with Gasteiger partial charge in [0.25, 0.3) is 6.29 Å². The monoisotopic (exact) mass is 202 g/mol. The van der Waals surface area contributed by atoms with Gasteiger partial charge in [0.1, 0.15) is 5.69 Å². The Morgan fingerprint density at radius 1 is 1.20 bits per heavy atom. The lowest BCUT2D eigenvalue weighted by atomic mass is 10.3. The first-order valence-corrected chi connectivity index (χ1v) is 4.73. The van der Waals surface area contributed by atoms with Crippen LogP contribution in [0.2, 0.25) is 0 Å². The highest BCUT2D eigenvalue weighted by molar-refractivity contribution is 5.42. The molecule has 1 aromatic carbocycles. The molecule has 0 saturated heterocycles. The van der Waals surface area contributed by atoms with Crippen LogP contribution in [-0.4, -0.2) is 9.55 Å². The average molecular weight is 202 g/mol. The van der Waals surface area contributed by atoms with Crippen molar-refractivity contribution in [3.05, 3.63) is 42.5 Å². The first-order chi connectivity index (χ1) is 7.34. The fourth-order valence-corrected chi connectivity index (χ4v) is 1.61. The van der Waals surface area contributed by atoms with Crippen LogP contribution in [-0.2, 0) is 7.05 Å². The molecule has 2 heterocycles. The van der Waals surface area contributed by atoms with Crippen LogP contribution in [0.4, 0.5) is 0 Å². The summed E-state index contributed by atoms with van der Waals surface area (Å²) < 4.78 is 13.2. The van der Waals surface area contributed by atoms with Crippen molar-refractivity contribution < 1.29 is 9.47 Å². The van der Waals surface area contributed by atoms with Gasteiger partial charge in [-0.2, -0.15) is 0 Å². The van der Waals surface area contributed by atoms with Gasteiger partial charge >= 0.3 is 0 Å². The van der Waals surface area contributed by atoms with Crippen LogP contribution in [0, 0.1) is 0 Å². The Morgan fingerprint density at radius 2 is 1.87 bits per heavy atom. The number of fused-ring (bicyclic) bond motifs is 1. The number of aryl methyl sites for hydroxylation is 1. The number of rotatable bonds is 1. The quantitative estimate of drug-likeness (QED) is 0.708. The van der Waals surface area contributed by atoms with Crippen molar-refractivity contribution in [2.75, 3.05) is 0 Å². The van der Waals surface area contributed by atoms with Crippen molar-refractivity contribution >= 4 is 0 Å². The van der Waals surface area contributed by atoms with E-state index in [4.69, 9.17) is 9.47 Å². The Balaban J connectivity index is 1.94. The molecular formula is C11H10N2O2. The van der Waals surface area contributed by atoms with Crippen LogP contribution in [0.15, 0.2) is 36.8 Å². The molecule has 0 fully saturated rings. The summed E-state index contributed by atoms with van der Waals surface area (Å²) in [7, 11) is 1.91. The van der Waals surface area contributed by atoms with Gasteiger partial charge < -0.3 is 14.0 Å². The molecule has 76 valence electrons. The molecule has 4 heteroatoms. The van der Waals surface area contributed by atoms with Crippen LogP contribution in [0.25, 0.3) is 0 Å². The van der Waals surface area contributed by atoms with E-state index in [-0.39, 0.29) is 6.29 Å². The Kier molecular flexibility index (Phi) is 1.68. The number of para-hydroxylation sites is 2. The lowest BCUT2D eigenvalue weighted by Crippen LogP contribution is -2.11. The van der Waals surface area contributed by atoms with Crippen LogP contribution >= 0.6 is 0 Å². The summed E-state index contributed by atoms with van der Waals surface area (Å²) in [5.41, 5.74) is 0.909. The van der Waals surface area contributed by atoms with E-state index in [1.165, 1.54) is 0 Å². The van der Waals surface area contributed by atoms with Crippen LogP contribution in [0.5, 0.6) is 11.5 Å². The Bertz CT molecular complexity index is 468. The van der Waals surface area contributed by atoms with E-state index >= 15 is 0 Å². The molecule has 0 atom stereocenters. The molecule has 0 aliphatic carbocycles. The van der Waals surface area contributed by atoms with Crippen molar-refractivity contribution in [2.45, 2.75) is 6.29 Å². The van der Waals surface area contributed by atoms with Gasteiger partial charge in [0.05, 0.1) is 12.5 Å². The van der Waals surface area contributed by atoms with Crippen molar-refractivity contribution in [3.8, 4) is 11.5 Å². The number of benzene rings is 1. The lowest BCUT2D eigenvalue weighted by Gasteiger charge is -2.09. The van der Waals surface area contributed by atoms with Crippen molar-refractivity contribution in [3.63, 3.8) is 0 Å². The molecule has 3 rings (SSSR count). The van der Waals surface area contributed by atoms with Gasteiger partial charge in [0.15, 0.2) is 11.5 Å². The summed E-state index contributed by atoms with van der Waals surface area (Å²) in [4.78, 5) is 4.03. The molecule has 0 spiro atoms. The highest BCUT2D eigenvalue weighted by Gasteiger charge is 2.27.